The first-order valence-electron chi connectivity index (χ1n) is 13.9. The quantitative estimate of drug-likeness (QED) is 0.271. The van der Waals surface area contributed by atoms with E-state index in [2.05, 4.69) is 16.0 Å². The lowest BCUT2D eigenvalue weighted by atomic mass is 9.99. The second-order valence-corrected chi connectivity index (χ2v) is 10.6. The molecule has 0 aliphatic carbocycles. The molecule has 4 rings (SSSR count). The number of carbonyl (C=O) groups is 3. The van der Waals surface area contributed by atoms with Gasteiger partial charge in [0.1, 0.15) is 6.10 Å². The van der Waals surface area contributed by atoms with Crippen molar-refractivity contribution in [1.82, 2.24) is 9.80 Å². The highest BCUT2D eigenvalue weighted by atomic mass is 19.4. The zero-order valence-electron chi connectivity index (χ0n) is 24.4. The minimum Gasteiger partial charge on any atom is -0.485 e. The van der Waals surface area contributed by atoms with E-state index >= 15 is 0 Å². The van der Waals surface area contributed by atoms with Gasteiger partial charge in [0.25, 0.3) is 5.91 Å². The Labute approximate surface area is 252 Å². The lowest BCUT2D eigenvalue weighted by molar-refractivity contribution is -0.137. The van der Waals surface area contributed by atoms with Crippen molar-refractivity contribution in [3.63, 3.8) is 0 Å². The van der Waals surface area contributed by atoms with Crippen LogP contribution in [0.1, 0.15) is 29.8 Å². The van der Waals surface area contributed by atoms with Gasteiger partial charge in [-0.15, -0.1) is 0 Å². The van der Waals surface area contributed by atoms with Crippen LogP contribution in [0.5, 0.6) is 5.75 Å². The molecule has 234 valence electrons. The number of aliphatic hydroxyl groups excluding tert-OH is 1. The molecule has 0 saturated carbocycles. The van der Waals surface area contributed by atoms with Crippen LogP contribution in [0.3, 0.4) is 0 Å². The van der Waals surface area contributed by atoms with E-state index in [1.807, 2.05) is 13.0 Å². The third-order valence-electron chi connectivity index (χ3n) is 7.24. The summed E-state index contributed by atoms with van der Waals surface area (Å²) < 4.78 is 45.2. The maximum Gasteiger partial charge on any atom is 0.416 e. The van der Waals surface area contributed by atoms with E-state index in [-0.39, 0.29) is 54.3 Å². The maximum atomic E-state index is 13.7. The van der Waals surface area contributed by atoms with Gasteiger partial charge in [0, 0.05) is 30.9 Å². The molecule has 10 nitrogen and oxygen atoms in total. The van der Waals surface area contributed by atoms with Crippen LogP contribution in [0.2, 0.25) is 0 Å². The van der Waals surface area contributed by atoms with Crippen molar-refractivity contribution < 1.29 is 37.4 Å². The molecule has 3 aromatic carbocycles. The summed E-state index contributed by atoms with van der Waals surface area (Å²) >= 11 is 0. The van der Waals surface area contributed by atoms with Crippen LogP contribution in [0.15, 0.2) is 72.8 Å². The standard InChI is InChI=1S/C31H34F3N5O5/c1-19-16-39(20(2)18-40)28(41)24-10-7-11-25(37-29(42)35-23-14-12-21(13-15-23)31(32,33)34)27(24)44-26(19)17-38(3)30(43)36-22-8-5-4-6-9-22/h4-15,19-20,26,40H,16-18H2,1-3H3,(H,36,43)(H2,35,37,42)/t19-,20+,26-/m0/s1. The zero-order valence-corrected chi connectivity index (χ0v) is 24.4. The molecule has 0 fully saturated rings. The Morgan fingerprint density at radius 1 is 1.00 bits per heavy atom. The highest BCUT2D eigenvalue weighted by Gasteiger charge is 2.35. The molecule has 44 heavy (non-hydrogen) atoms. The van der Waals surface area contributed by atoms with Crippen molar-refractivity contribution >= 4 is 35.0 Å². The van der Waals surface area contributed by atoms with Gasteiger partial charge in [-0.1, -0.05) is 31.2 Å². The molecule has 0 bridgehead atoms. The number of fused-ring (bicyclic) bond motifs is 1. The minimum absolute atomic E-state index is 0.0589. The summed E-state index contributed by atoms with van der Waals surface area (Å²) in [6.45, 7) is 3.62. The van der Waals surface area contributed by atoms with E-state index in [1.165, 1.54) is 21.9 Å². The first-order valence-corrected chi connectivity index (χ1v) is 13.9. The largest absolute Gasteiger partial charge is 0.485 e. The molecule has 0 spiro atoms. The minimum atomic E-state index is -4.52. The van der Waals surface area contributed by atoms with Gasteiger partial charge in [-0.3, -0.25) is 4.79 Å². The summed E-state index contributed by atoms with van der Waals surface area (Å²) in [6, 6.07) is 15.8. The van der Waals surface area contributed by atoms with E-state index in [4.69, 9.17) is 4.74 Å². The Hall–Kier alpha value is -4.78. The number of urea groups is 2. The number of aliphatic hydroxyl groups is 1. The van der Waals surface area contributed by atoms with E-state index in [9.17, 15) is 32.7 Å². The third kappa shape index (κ3) is 7.78. The van der Waals surface area contributed by atoms with Gasteiger partial charge < -0.3 is 35.6 Å². The van der Waals surface area contributed by atoms with Gasteiger partial charge in [0.05, 0.1) is 36.0 Å². The van der Waals surface area contributed by atoms with Gasteiger partial charge in [-0.05, 0) is 55.5 Å². The van der Waals surface area contributed by atoms with Crippen LogP contribution in [-0.2, 0) is 6.18 Å². The molecule has 1 aliphatic heterocycles. The van der Waals surface area contributed by atoms with Crippen molar-refractivity contribution in [2.45, 2.75) is 32.2 Å². The van der Waals surface area contributed by atoms with Crippen LogP contribution in [0.4, 0.5) is 39.8 Å². The lowest BCUT2D eigenvalue weighted by Gasteiger charge is -2.38. The number of anilines is 3. The molecule has 1 heterocycles. The Bertz CT molecular complexity index is 1470. The van der Waals surface area contributed by atoms with Crippen molar-refractivity contribution in [3.8, 4) is 5.75 Å². The zero-order chi connectivity index (χ0) is 32.0. The molecular weight excluding hydrogens is 579 g/mol. The lowest BCUT2D eigenvalue weighted by Crippen LogP contribution is -2.50. The number of halogens is 3. The second kappa shape index (κ2) is 13.7. The van der Waals surface area contributed by atoms with Gasteiger partial charge >= 0.3 is 18.2 Å². The van der Waals surface area contributed by atoms with Crippen LogP contribution >= 0.6 is 0 Å². The summed E-state index contributed by atoms with van der Waals surface area (Å²) in [6.07, 6.45) is -5.17. The second-order valence-electron chi connectivity index (χ2n) is 10.6. The monoisotopic (exact) mass is 613 g/mol. The smallest absolute Gasteiger partial charge is 0.416 e. The number of para-hydroxylation sites is 2. The number of likely N-dealkylation sites (N-methyl/N-ethyl adjacent to an activating group) is 1. The summed E-state index contributed by atoms with van der Waals surface area (Å²) in [4.78, 5) is 42.5. The highest BCUT2D eigenvalue weighted by molar-refractivity contribution is 6.04. The highest BCUT2D eigenvalue weighted by Crippen LogP contribution is 2.35. The summed E-state index contributed by atoms with van der Waals surface area (Å²) in [7, 11) is 1.61. The molecule has 1 aliphatic rings. The topological polar surface area (TPSA) is 123 Å². The number of nitrogens with one attached hydrogen (secondary N) is 3. The Kier molecular flexibility index (Phi) is 9.99. The van der Waals surface area contributed by atoms with Gasteiger partial charge in [-0.2, -0.15) is 13.2 Å². The fourth-order valence-corrected chi connectivity index (χ4v) is 4.68. The summed E-state index contributed by atoms with van der Waals surface area (Å²) in [5.74, 6) is -0.681. The number of carbonyl (C=O) groups excluding carboxylic acids is 3. The number of nitrogens with zero attached hydrogens (tertiary/aromatic N) is 2. The van der Waals surface area contributed by atoms with Crippen molar-refractivity contribution in [2.75, 3.05) is 42.7 Å². The van der Waals surface area contributed by atoms with Gasteiger partial charge in [0.15, 0.2) is 5.75 Å². The molecule has 5 amide bonds. The predicted octanol–water partition coefficient (Wildman–Crippen LogP) is 5.73. The maximum absolute atomic E-state index is 13.7. The average molecular weight is 614 g/mol. The molecule has 13 heteroatoms. The average Bonchev–Trinajstić information content (AvgIpc) is 2.99. The normalized spacial score (nSPS) is 17.3. The summed E-state index contributed by atoms with van der Waals surface area (Å²) in [5, 5.41) is 17.8. The summed E-state index contributed by atoms with van der Waals surface area (Å²) in [5.41, 5.74) is 0.134. The van der Waals surface area contributed by atoms with Crippen LogP contribution in [0.25, 0.3) is 0 Å². The number of hydrogen-bond acceptors (Lipinski definition) is 5. The molecule has 3 aromatic rings. The SMILES string of the molecule is C[C@H](CO)N1C[C@H](C)[C@H](CN(C)C(=O)Nc2ccccc2)Oc2c(NC(=O)Nc3ccc(C(F)(F)F)cc3)cccc2C1=O. The number of rotatable bonds is 7. The molecule has 3 atom stereocenters. The van der Waals surface area contributed by atoms with Crippen molar-refractivity contribution in [2.24, 2.45) is 5.92 Å². The van der Waals surface area contributed by atoms with Crippen molar-refractivity contribution in [3.05, 3.63) is 83.9 Å². The van der Waals surface area contributed by atoms with Crippen molar-refractivity contribution in [1.29, 1.82) is 0 Å². The number of hydrogen-bond donors (Lipinski definition) is 4. The van der Waals surface area contributed by atoms with E-state index in [0.29, 0.717) is 5.69 Å². The molecule has 0 saturated heterocycles. The van der Waals surface area contributed by atoms with E-state index in [0.717, 1.165) is 24.3 Å². The fraction of sp³-hybridized carbons (Fsp3) is 0.323. The Morgan fingerprint density at radius 2 is 1.66 bits per heavy atom. The van der Waals surface area contributed by atoms with Crippen LogP contribution < -0.4 is 20.7 Å². The van der Waals surface area contributed by atoms with Crippen LogP contribution in [-0.4, -0.2) is 71.8 Å². The number of benzene rings is 3. The first kappa shape index (κ1) is 32.1. The Balaban J connectivity index is 1.60. The van der Waals surface area contributed by atoms with Gasteiger partial charge in [0.2, 0.25) is 0 Å². The van der Waals surface area contributed by atoms with E-state index < -0.39 is 35.8 Å². The molecule has 0 aromatic heterocycles. The molecule has 0 unspecified atom stereocenters. The van der Waals surface area contributed by atoms with Gasteiger partial charge in [-0.25, -0.2) is 9.59 Å². The Morgan fingerprint density at radius 3 is 2.30 bits per heavy atom. The predicted molar refractivity (Wildman–Crippen MR) is 160 cm³/mol. The van der Waals surface area contributed by atoms with E-state index in [1.54, 1.807) is 44.3 Å². The number of alkyl halides is 3. The number of amides is 5. The fourth-order valence-electron chi connectivity index (χ4n) is 4.68. The first-order chi connectivity index (χ1) is 20.9. The number of ether oxygens (including phenoxy) is 1. The molecule has 4 N–H and O–H groups in total. The van der Waals surface area contributed by atoms with Crippen LogP contribution in [0, 0.1) is 5.92 Å². The third-order valence-corrected chi connectivity index (χ3v) is 7.24. The molecular formula is C31H34F3N5O5. The molecule has 0 radical (unpaired) electrons.